The third kappa shape index (κ3) is 2.11. The summed E-state index contributed by atoms with van der Waals surface area (Å²) in [5.74, 6) is -1.31. The normalized spacial score (nSPS) is 20.9. The van der Waals surface area contributed by atoms with Gasteiger partial charge in [0.15, 0.2) is 11.6 Å². The lowest BCUT2D eigenvalue weighted by atomic mass is 9.72. The van der Waals surface area contributed by atoms with E-state index in [-0.39, 0.29) is 18.2 Å². The molecule has 0 aromatic heterocycles. The van der Waals surface area contributed by atoms with Crippen molar-refractivity contribution in [1.82, 2.24) is 0 Å². The fourth-order valence-corrected chi connectivity index (χ4v) is 3.17. The molecule has 2 aliphatic rings. The molecule has 1 atom stereocenters. The van der Waals surface area contributed by atoms with Crippen molar-refractivity contribution in [3.8, 4) is 0 Å². The van der Waals surface area contributed by atoms with Crippen LogP contribution >= 0.6 is 0 Å². The fraction of sp³-hybridized carbons (Fsp3) is 0.353. The van der Waals surface area contributed by atoms with Gasteiger partial charge in [0.05, 0.1) is 12.5 Å². The van der Waals surface area contributed by atoms with E-state index in [1.807, 2.05) is 0 Å². The minimum Gasteiger partial charge on any atom is -0.466 e. The number of carbonyl (C=O) groups is 3. The maximum Gasteiger partial charge on any atom is 0.313 e. The smallest absolute Gasteiger partial charge is 0.313 e. The number of carbonyl (C=O) groups excluding carboxylic acids is 3. The first kappa shape index (κ1) is 13.7. The quantitative estimate of drug-likeness (QED) is 0.783. The molecule has 0 spiro atoms. The van der Waals surface area contributed by atoms with Gasteiger partial charge < -0.3 is 4.74 Å². The van der Waals surface area contributed by atoms with Crippen LogP contribution in [0.15, 0.2) is 35.4 Å². The summed E-state index contributed by atoms with van der Waals surface area (Å²) < 4.78 is 5.07. The van der Waals surface area contributed by atoms with Crippen molar-refractivity contribution in [2.24, 2.45) is 5.92 Å². The van der Waals surface area contributed by atoms with E-state index in [1.54, 1.807) is 31.2 Å². The molecule has 1 aromatic rings. The summed E-state index contributed by atoms with van der Waals surface area (Å²) in [6.45, 7) is 2.01. The van der Waals surface area contributed by atoms with E-state index >= 15 is 0 Å². The molecule has 0 radical (unpaired) electrons. The van der Waals surface area contributed by atoms with Gasteiger partial charge in [0.2, 0.25) is 0 Å². The lowest BCUT2D eigenvalue weighted by Crippen LogP contribution is -2.33. The van der Waals surface area contributed by atoms with Gasteiger partial charge in [0.25, 0.3) is 0 Å². The molecule has 3 rings (SSSR count). The van der Waals surface area contributed by atoms with Crippen LogP contribution in [0.1, 0.15) is 46.9 Å². The average Bonchev–Trinajstić information content (AvgIpc) is 2.52. The highest BCUT2D eigenvalue weighted by atomic mass is 16.5. The number of hydrogen-bond acceptors (Lipinski definition) is 4. The van der Waals surface area contributed by atoms with Crippen molar-refractivity contribution in [2.45, 2.75) is 26.2 Å². The van der Waals surface area contributed by atoms with Gasteiger partial charge in [0, 0.05) is 22.3 Å². The Morgan fingerprint density at radius 1 is 1.19 bits per heavy atom. The number of benzene rings is 1. The summed E-state index contributed by atoms with van der Waals surface area (Å²) in [6.07, 6.45) is 1.85. The molecular weight excluding hydrogens is 268 g/mol. The van der Waals surface area contributed by atoms with Crippen molar-refractivity contribution in [2.75, 3.05) is 6.61 Å². The zero-order valence-corrected chi connectivity index (χ0v) is 11.8. The van der Waals surface area contributed by atoms with Gasteiger partial charge in [0.1, 0.15) is 0 Å². The minimum absolute atomic E-state index is 0.116. The maximum absolute atomic E-state index is 12.7. The van der Waals surface area contributed by atoms with Crippen LogP contribution in [0.25, 0.3) is 0 Å². The highest BCUT2D eigenvalue weighted by Crippen LogP contribution is 2.39. The molecule has 0 heterocycles. The lowest BCUT2D eigenvalue weighted by Gasteiger charge is -2.29. The second-order valence-electron chi connectivity index (χ2n) is 5.29. The van der Waals surface area contributed by atoms with Crippen LogP contribution in [0.2, 0.25) is 0 Å². The Kier molecular flexibility index (Phi) is 3.45. The van der Waals surface area contributed by atoms with E-state index < -0.39 is 11.9 Å². The molecule has 0 saturated carbocycles. The summed E-state index contributed by atoms with van der Waals surface area (Å²) in [7, 11) is 0. The van der Waals surface area contributed by atoms with Crippen molar-refractivity contribution < 1.29 is 19.1 Å². The van der Waals surface area contributed by atoms with Crippen molar-refractivity contribution in [3.05, 3.63) is 46.5 Å². The molecule has 0 fully saturated rings. The van der Waals surface area contributed by atoms with Gasteiger partial charge in [-0.05, 0) is 26.2 Å². The summed E-state index contributed by atoms with van der Waals surface area (Å²) in [5, 5.41) is 0. The minimum atomic E-state index is -0.599. The fourth-order valence-electron chi connectivity index (χ4n) is 3.17. The second kappa shape index (κ2) is 5.28. The number of ether oxygens (including phenoxy) is 1. The largest absolute Gasteiger partial charge is 0.466 e. The first-order valence-corrected chi connectivity index (χ1v) is 7.23. The molecule has 2 aliphatic carbocycles. The number of hydrogen-bond donors (Lipinski definition) is 0. The predicted octanol–water partition coefficient (Wildman–Crippen LogP) is 2.73. The third-order valence-corrected chi connectivity index (χ3v) is 4.10. The molecule has 0 bridgehead atoms. The number of ketones is 2. The molecular formula is C17H16O4. The summed E-state index contributed by atoms with van der Waals surface area (Å²) in [6, 6.07) is 6.81. The number of Topliss-reactive ketones (excluding diaryl/α,β-unsaturated/α-hetero) is 2. The maximum atomic E-state index is 12.7. The zero-order chi connectivity index (χ0) is 15.0. The molecule has 0 N–H and O–H groups in total. The first-order valence-electron chi connectivity index (χ1n) is 7.23. The van der Waals surface area contributed by atoms with Crippen LogP contribution in [-0.4, -0.2) is 24.1 Å². The standard InChI is InChI=1S/C17H16O4/c1-2-21-17(20)13-9-5-8-12-14(13)16(19)11-7-4-3-6-10(11)15(12)18/h3-4,6-7,13H,2,5,8-9H2,1H3. The SMILES string of the molecule is CCOC(=O)C1CCCC2=C1C(=O)c1ccccc1C2=O. The Hall–Kier alpha value is -2.23. The predicted molar refractivity (Wildman–Crippen MR) is 76.1 cm³/mol. The summed E-state index contributed by atoms with van der Waals surface area (Å²) in [4.78, 5) is 37.4. The van der Waals surface area contributed by atoms with Crippen molar-refractivity contribution in [3.63, 3.8) is 0 Å². The molecule has 0 aliphatic heterocycles. The Morgan fingerprint density at radius 2 is 1.86 bits per heavy atom. The number of fused-ring (bicyclic) bond motifs is 1. The van der Waals surface area contributed by atoms with Gasteiger partial charge in [-0.15, -0.1) is 0 Å². The molecule has 0 amide bonds. The molecule has 4 heteroatoms. The van der Waals surface area contributed by atoms with Crippen LogP contribution < -0.4 is 0 Å². The third-order valence-electron chi connectivity index (χ3n) is 4.10. The number of allylic oxidation sites excluding steroid dienone is 1. The monoisotopic (exact) mass is 284 g/mol. The summed E-state index contributed by atoms with van der Waals surface area (Å²) >= 11 is 0. The molecule has 0 saturated heterocycles. The van der Waals surface area contributed by atoms with E-state index in [9.17, 15) is 14.4 Å². The zero-order valence-electron chi connectivity index (χ0n) is 11.8. The van der Waals surface area contributed by atoms with E-state index in [0.717, 1.165) is 6.42 Å². The molecule has 108 valence electrons. The average molecular weight is 284 g/mol. The van der Waals surface area contributed by atoms with E-state index in [2.05, 4.69) is 0 Å². The van der Waals surface area contributed by atoms with Gasteiger partial charge >= 0.3 is 5.97 Å². The van der Waals surface area contributed by atoms with Gasteiger partial charge in [-0.25, -0.2) is 0 Å². The van der Waals surface area contributed by atoms with Crippen LogP contribution in [0.4, 0.5) is 0 Å². The van der Waals surface area contributed by atoms with Crippen LogP contribution in [0, 0.1) is 5.92 Å². The number of esters is 1. The van der Waals surface area contributed by atoms with E-state index in [0.29, 0.717) is 35.1 Å². The Bertz CT molecular complexity index is 669. The van der Waals surface area contributed by atoms with Crippen molar-refractivity contribution >= 4 is 17.5 Å². The lowest BCUT2D eigenvalue weighted by molar-refractivity contribution is -0.146. The topological polar surface area (TPSA) is 60.4 Å². The van der Waals surface area contributed by atoms with E-state index in [4.69, 9.17) is 4.74 Å². The Morgan fingerprint density at radius 3 is 2.52 bits per heavy atom. The van der Waals surface area contributed by atoms with Crippen molar-refractivity contribution in [1.29, 1.82) is 0 Å². The van der Waals surface area contributed by atoms with Gasteiger partial charge in [-0.3, -0.25) is 14.4 Å². The summed E-state index contributed by atoms with van der Waals surface area (Å²) in [5.41, 5.74) is 1.72. The van der Waals surface area contributed by atoms with Gasteiger partial charge in [-0.1, -0.05) is 24.3 Å². The Labute approximate surface area is 122 Å². The highest BCUT2D eigenvalue weighted by molar-refractivity contribution is 6.28. The number of rotatable bonds is 2. The van der Waals surface area contributed by atoms with Crippen LogP contribution in [0.5, 0.6) is 0 Å². The highest BCUT2D eigenvalue weighted by Gasteiger charge is 2.40. The molecule has 21 heavy (non-hydrogen) atoms. The molecule has 4 nitrogen and oxygen atoms in total. The Balaban J connectivity index is 2.10. The second-order valence-corrected chi connectivity index (χ2v) is 5.29. The van der Waals surface area contributed by atoms with Crippen LogP contribution in [-0.2, 0) is 9.53 Å². The first-order chi connectivity index (χ1) is 10.1. The molecule has 1 aromatic carbocycles. The van der Waals surface area contributed by atoms with E-state index in [1.165, 1.54) is 0 Å². The molecule has 1 unspecified atom stereocenters. The van der Waals surface area contributed by atoms with Crippen LogP contribution in [0.3, 0.4) is 0 Å². The van der Waals surface area contributed by atoms with Gasteiger partial charge in [-0.2, -0.15) is 0 Å².